The van der Waals surface area contributed by atoms with Gasteiger partial charge in [-0.2, -0.15) is 0 Å². The monoisotopic (exact) mass is 1200 g/mol. The van der Waals surface area contributed by atoms with Crippen LogP contribution < -0.4 is 0 Å². The number of rotatable bonds is 60. The molecule has 0 saturated heterocycles. The smallest absolute Gasteiger partial charge is 0.361 e. The molecule has 0 heterocycles. The standard InChI is InChI=1S/C78H123NO8/c1-6-8-10-12-14-16-18-20-22-24-26-28-30-32-34-36-37-38-39-41-42-44-46-48-50-52-54-56-58-60-62-64-66-68-75(80)85-72-74(73-86-78(77(82)83)84-71-70-79(3,4)5)87-76(81)69-67-65-63-61-59-57-55-53-51-49-47-45-43-40-35-33-31-29-27-25-23-21-19-17-15-13-11-9-7-2/h8-11,14-17,20-23,26-29,32-35,37-38,43,45,49,51,55,57,61,63,74,78H,6-7,12-13,18-19,24-25,30-31,36,39-42,44,46-48,50,52-54,56,58-60,62,64-73H2,1-5H3/p+1/b10-8-,11-9-,16-14-,17-15-,22-20-,23-21-,28-26-,29-27-,34-32-,35-33-,38-37-,45-43-,51-49-,57-55-,63-61-. The lowest BCUT2D eigenvalue weighted by Gasteiger charge is -2.25. The highest BCUT2D eigenvalue weighted by molar-refractivity contribution is 5.71. The van der Waals surface area contributed by atoms with Gasteiger partial charge in [-0.1, -0.05) is 273 Å². The van der Waals surface area contributed by atoms with Gasteiger partial charge in [0.15, 0.2) is 6.10 Å². The molecule has 0 fully saturated rings. The number of hydrogen-bond donors (Lipinski definition) is 1. The lowest BCUT2D eigenvalue weighted by molar-refractivity contribution is -0.870. The molecule has 0 aromatic heterocycles. The fraction of sp³-hybridized carbons (Fsp3) is 0.577. The maximum Gasteiger partial charge on any atom is 0.361 e. The van der Waals surface area contributed by atoms with Crippen molar-refractivity contribution < 1.29 is 42.9 Å². The number of nitrogens with zero attached hydrogens (tertiary/aromatic N) is 1. The average Bonchev–Trinajstić information content (AvgIpc) is 3.57. The number of ether oxygens (including phenoxy) is 4. The van der Waals surface area contributed by atoms with Gasteiger partial charge < -0.3 is 28.5 Å². The Morgan fingerprint density at radius 2 is 0.632 bits per heavy atom. The summed E-state index contributed by atoms with van der Waals surface area (Å²) in [5.74, 6) is -2.11. The molecule has 0 aliphatic heterocycles. The van der Waals surface area contributed by atoms with Crippen LogP contribution in [0.25, 0.3) is 0 Å². The molecule has 2 atom stereocenters. The van der Waals surface area contributed by atoms with Crippen molar-refractivity contribution in [3.8, 4) is 0 Å². The number of unbranched alkanes of at least 4 members (excludes halogenated alkanes) is 15. The molecule has 0 rings (SSSR count). The van der Waals surface area contributed by atoms with E-state index in [9.17, 15) is 19.5 Å². The van der Waals surface area contributed by atoms with E-state index >= 15 is 0 Å². The maximum atomic E-state index is 12.9. The second-order valence-electron chi connectivity index (χ2n) is 23.0. The third kappa shape index (κ3) is 67.8. The molecule has 0 aromatic carbocycles. The number of aliphatic carboxylic acids is 1. The number of carboxylic acid groups (broad SMARTS) is 1. The van der Waals surface area contributed by atoms with Crippen LogP contribution in [0.4, 0.5) is 0 Å². The molecule has 0 bridgehead atoms. The lowest BCUT2D eigenvalue weighted by Crippen LogP contribution is -2.40. The van der Waals surface area contributed by atoms with Crippen molar-refractivity contribution >= 4 is 17.9 Å². The molecular formula is C78H124NO8+. The Morgan fingerprint density at radius 3 is 0.954 bits per heavy atom. The highest BCUT2D eigenvalue weighted by atomic mass is 16.7. The Hall–Kier alpha value is -5.61. The summed E-state index contributed by atoms with van der Waals surface area (Å²) in [6.45, 7) is 4.56. The predicted molar refractivity (Wildman–Crippen MR) is 372 cm³/mol. The quantitative estimate of drug-likeness (QED) is 0.0211. The minimum absolute atomic E-state index is 0.167. The van der Waals surface area contributed by atoms with Crippen molar-refractivity contribution in [1.29, 1.82) is 0 Å². The number of likely N-dealkylation sites (N-methyl/N-ethyl adjacent to an activating group) is 1. The number of allylic oxidation sites excluding steroid dienone is 30. The van der Waals surface area contributed by atoms with Gasteiger partial charge >= 0.3 is 17.9 Å². The zero-order valence-corrected chi connectivity index (χ0v) is 55.6. The highest BCUT2D eigenvalue weighted by Gasteiger charge is 2.25. The topological polar surface area (TPSA) is 108 Å². The molecule has 2 unspecified atom stereocenters. The van der Waals surface area contributed by atoms with Gasteiger partial charge in [0, 0.05) is 12.8 Å². The normalized spacial score (nSPS) is 13.9. The molecule has 87 heavy (non-hydrogen) atoms. The van der Waals surface area contributed by atoms with Gasteiger partial charge in [-0.05, 0) is 128 Å². The second-order valence-corrected chi connectivity index (χ2v) is 23.0. The summed E-state index contributed by atoms with van der Waals surface area (Å²) in [5, 5.41) is 9.74. The van der Waals surface area contributed by atoms with Crippen molar-refractivity contribution in [2.45, 2.75) is 245 Å². The van der Waals surface area contributed by atoms with Crippen molar-refractivity contribution in [2.24, 2.45) is 0 Å². The first-order valence-electron chi connectivity index (χ1n) is 33.9. The number of carbonyl (C=O) groups excluding carboxylic acids is 2. The van der Waals surface area contributed by atoms with Crippen LogP contribution >= 0.6 is 0 Å². The van der Waals surface area contributed by atoms with Gasteiger partial charge in [0.2, 0.25) is 0 Å². The summed E-state index contributed by atoms with van der Waals surface area (Å²) in [7, 11) is 5.94. The fourth-order valence-corrected chi connectivity index (χ4v) is 8.55. The molecule has 0 amide bonds. The number of quaternary nitrogens is 1. The third-order valence-electron chi connectivity index (χ3n) is 13.7. The summed E-state index contributed by atoms with van der Waals surface area (Å²) in [5.41, 5.74) is 0. The van der Waals surface area contributed by atoms with Gasteiger partial charge in [-0.3, -0.25) is 9.59 Å². The summed E-state index contributed by atoms with van der Waals surface area (Å²) in [6.07, 6.45) is 98.6. The molecule has 0 aliphatic carbocycles. The van der Waals surface area contributed by atoms with E-state index in [1.165, 1.54) is 77.0 Å². The molecule has 1 N–H and O–H groups in total. The summed E-state index contributed by atoms with van der Waals surface area (Å²) in [4.78, 5) is 37.6. The van der Waals surface area contributed by atoms with Crippen molar-refractivity contribution in [3.63, 3.8) is 0 Å². The molecule has 0 aliphatic rings. The molecule has 0 aromatic rings. The number of hydrogen-bond acceptors (Lipinski definition) is 7. The largest absolute Gasteiger partial charge is 0.477 e. The Labute approximate surface area is 532 Å². The highest BCUT2D eigenvalue weighted by Crippen LogP contribution is 2.15. The number of carbonyl (C=O) groups is 3. The van der Waals surface area contributed by atoms with E-state index in [0.717, 1.165) is 116 Å². The van der Waals surface area contributed by atoms with Crippen LogP contribution in [-0.4, -0.2) is 87.4 Å². The van der Waals surface area contributed by atoms with Crippen molar-refractivity contribution in [3.05, 3.63) is 182 Å². The summed E-state index contributed by atoms with van der Waals surface area (Å²) in [6, 6.07) is 0. The molecular weight excluding hydrogens is 1080 g/mol. The minimum atomic E-state index is -1.54. The van der Waals surface area contributed by atoms with Gasteiger partial charge in [0.25, 0.3) is 6.29 Å². The van der Waals surface area contributed by atoms with Crippen molar-refractivity contribution in [2.75, 3.05) is 47.5 Å². The molecule has 9 nitrogen and oxygen atoms in total. The Bertz CT molecular complexity index is 2080. The number of carboxylic acids is 1. The molecule has 488 valence electrons. The molecule has 0 spiro atoms. The first-order chi connectivity index (χ1) is 42.6. The molecule has 0 radical (unpaired) electrons. The van der Waals surface area contributed by atoms with E-state index in [1.54, 1.807) is 0 Å². The molecule has 9 heteroatoms. The van der Waals surface area contributed by atoms with Crippen LogP contribution in [0.3, 0.4) is 0 Å². The number of esters is 2. The minimum Gasteiger partial charge on any atom is -0.477 e. The van der Waals surface area contributed by atoms with Crippen LogP contribution in [0.1, 0.15) is 232 Å². The Kier molecular flexibility index (Phi) is 62.1. The SMILES string of the molecule is CC/C=C\C/C=C\C/C=C\C/C=C\C/C=C\C/C=C\C/C=C\C/C=C\C/C=C\CCCC(=O)OC(COC(=O)CCCCCCCCCCCCCCCC/C=C\C/C=C\C/C=C\C/C=C\C/C=C\C/C=C\CC)COC(OCC[N+](C)(C)C)C(=O)O. The lowest BCUT2D eigenvalue weighted by atomic mass is 10.0. The van der Waals surface area contributed by atoms with Crippen LogP contribution in [0.5, 0.6) is 0 Å². The van der Waals surface area contributed by atoms with Gasteiger partial charge in [0.05, 0.1) is 34.4 Å². The second kappa shape index (κ2) is 66.3. The summed E-state index contributed by atoms with van der Waals surface area (Å²) >= 11 is 0. The Balaban J connectivity index is 4.28. The fourth-order valence-electron chi connectivity index (χ4n) is 8.55. The van der Waals surface area contributed by atoms with E-state index in [-0.39, 0.29) is 38.6 Å². The zero-order chi connectivity index (χ0) is 63.3. The third-order valence-corrected chi connectivity index (χ3v) is 13.7. The Morgan fingerprint density at radius 1 is 0.345 bits per heavy atom. The van der Waals surface area contributed by atoms with E-state index in [4.69, 9.17) is 18.9 Å². The van der Waals surface area contributed by atoms with E-state index in [0.29, 0.717) is 23.9 Å². The van der Waals surface area contributed by atoms with Crippen LogP contribution in [0.2, 0.25) is 0 Å². The zero-order valence-electron chi connectivity index (χ0n) is 55.6. The summed E-state index contributed by atoms with van der Waals surface area (Å²) < 4.78 is 22.9. The molecule has 0 saturated carbocycles. The van der Waals surface area contributed by atoms with E-state index in [2.05, 4.69) is 196 Å². The van der Waals surface area contributed by atoms with Crippen molar-refractivity contribution in [1.82, 2.24) is 0 Å². The van der Waals surface area contributed by atoms with Gasteiger partial charge in [-0.25, -0.2) is 4.79 Å². The van der Waals surface area contributed by atoms with Gasteiger partial charge in [0.1, 0.15) is 13.2 Å². The van der Waals surface area contributed by atoms with Crippen LogP contribution in [0, 0.1) is 0 Å². The maximum absolute atomic E-state index is 12.9. The average molecular weight is 1200 g/mol. The first kappa shape index (κ1) is 81.4. The van der Waals surface area contributed by atoms with Gasteiger partial charge in [-0.15, -0.1) is 0 Å². The predicted octanol–water partition coefficient (Wildman–Crippen LogP) is 21.2. The van der Waals surface area contributed by atoms with E-state index in [1.807, 2.05) is 21.1 Å². The first-order valence-corrected chi connectivity index (χ1v) is 33.9. The van der Waals surface area contributed by atoms with Crippen LogP contribution in [0.15, 0.2) is 182 Å². The van der Waals surface area contributed by atoms with E-state index < -0.39 is 24.3 Å². The van der Waals surface area contributed by atoms with Crippen LogP contribution in [-0.2, 0) is 33.3 Å².